The number of benzene rings is 1. The van der Waals surface area contributed by atoms with Crippen molar-refractivity contribution in [1.29, 1.82) is 0 Å². The maximum Gasteiger partial charge on any atom is 0.0303 e. The van der Waals surface area contributed by atoms with Crippen LogP contribution in [0.15, 0.2) is 16.6 Å². The Hall–Kier alpha value is -0.0500. The molecule has 1 aliphatic carbocycles. The lowest BCUT2D eigenvalue weighted by Crippen LogP contribution is -2.06. The maximum atomic E-state index is 6.00. The van der Waals surface area contributed by atoms with Crippen molar-refractivity contribution in [2.45, 2.75) is 25.8 Å². The van der Waals surface area contributed by atoms with Gasteiger partial charge in [0.2, 0.25) is 0 Å². The van der Waals surface area contributed by atoms with Gasteiger partial charge in [-0.25, -0.2) is 0 Å². The second kappa shape index (κ2) is 3.99. The molecule has 0 amide bonds. The molecule has 2 rings (SSSR count). The zero-order valence-corrected chi connectivity index (χ0v) is 9.91. The largest absolute Gasteiger partial charge is 0.324 e. The average Bonchev–Trinajstić information content (AvgIpc) is 2.42. The van der Waals surface area contributed by atoms with Gasteiger partial charge < -0.3 is 5.73 Å². The van der Waals surface area contributed by atoms with Gasteiger partial charge in [0.05, 0.1) is 0 Å². The van der Waals surface area contributed by atoms with Crippen LogP contribution >= 0.6 is 28.3 Å². The molecule has 0 radical (unpaired) electrons. The SMILES string of the molecule is Cc1ccc(Br)c2c1[C@@H](N)CC2.Cl. The van der Waals surface area contributed by atoms with E-state index in [1.54, 1.807) is 0 Å². The fourth-order valence-corrected chi connectivity index (χ4v) is 2.51. The summed E-state index contributed by atoms with van der Waals surface area (Å²) in [4.78, 5) is 0. The van der Waals surface area contributed by atoms with E-state index in [1.165, 1.54) is 21.2 Å². The van der Waals surface area contributed by atoms with Gasteiger partial charge in [-0.15, -0.1) is 12.4 Å². The van der Waals surface area contributed by atoms with Crippen LogP contribution in [0.5, 0.6) is 0 Å². The van der Waals surface area contributed by atoms with Gasteiger partial charge in [0, 0.05) is 10.5 Å². The summed E-state index contributed by atoms with van der Waals surface area (Å²) in [5.74, 6) is 0. The van der Waals surface area contributed by atoms with Crippen molar-refractivity contribution >= 4 is 28.3 Å². The zero-order valence-electron chi connectivity index (χ0n) is 7.51. The van der Waals surface area contributed by atoms with Crippen molar-refractivity contribution in [3.63, 3.8) is 0 Å². The Bertz CT molecular complexity index is 325. The number of nitrogens with two attached hydrogens (primary N) is 1. The van der Waals surface area contributed by atoms with Gasteiger partial charge in [0.1, 0.15) is 0 Å². The standard InChI is InChI=1S/C10H12BrN.ClH/c1-6-2-4-8(11)7-3-5-9(12)10(6)7;/h2,4,9H,3,5,12H2,1H3;1H/t9-;/m0./s1. The third-order valence-corrected chi connectivity index (χ3v) is 3.34. The molecule has 13 heavy (non-hydrogen) atoms. The summed E-state index contributed by atoms with van der Waals surface area (Å²) in [5, 5.41) is 0. The number of halogens is 2. The molecular weight excluding hydrogens is 249 g/mol. The van der Waals surface area contributed by atoms with Crippen molar-refractivity contribution in [2.75, 3.05) is 0 Å². The number of hydrogen-bond acceptors (Lipinski definition) is 1. The third kappa shape index (κ3) is 1.76. The summed E-state index contributed by atoms with van der Waals surface area (Å²) in [7, 11) is 0. The number of fused-ring (bicyclic) bond motifs is 1. The fraction of sp³-hybridized carbons (Fsp3) is 0.400. The van der Waals surface area contributed by atoms with E-state index in [9.17, 15) is 0 Å². The first-order valence-electron chi connectivity index (χ1n) is 4.23. The molecule has 1 aromatic carbocycles. The molecule has 0 fully saturated rings. The Morgan fingerprint density at radius 1 is 1.46 bits per heavy atom. The fourth-order valence-electron chi connectivity index (χ4n) is 1.97. The topological polar surface area (TPSA) is 26.0 Å². The first-order valence-corrected chi connectivity index (χ1v) is 5.03. The Balaban J connectivity index is 0.000000845. The quantitative estimate of drug-likeness (QED) is 0.764. The maximum absolute atomic E-state index is 6.00. The van der Waals surface area contributed by atoms with Gasteiger partial charge in [-0.1, -0.05) is 22.0 Å². The monoisotopic (exact) mass is 261 g/mol. The molecule has 0 spiro atoms. The number of rotatable bonds is 0. The Morgan fingerprint density at radius 2 is 2.15 bits per heavy atom. The van der Waals surface area contributed by atoms with Crippen LogP contribution in [0.2, 0.25) is 0 Å². The third-order valence-electron chi connectivity index (χ3n) is 2.59. The van der Waals surface area contributed by atoms with E-state index < -0.39 is 0 Å². The van der Waals surface area contributed by atoms with Crippen LogP contribution in [-0.2, 0) is 6.42 Å². The van der Waals surface area contributed by atoms with Gasteiger partial charge in [0.15, 0.2) is 0 Å². The van der Waals surface area contributed by atoms with Crippen LogP contribution in [0.3, 0.4) is 0 Å². The molecule has 0 saturated heterocycles. The molecule has 0 aliphatic heterocycles. The predicted octanol–water partition coefficient (Wildman–Crippen LogP) is 3.13. The lowest BCUT2D eigenvalue weighted by molar-refractivity contribution is 0.710. The summed E-state index contributed by atoms with van der Waals surface area (Å²) >= 11 is 3.55. The lowest BCUT2D eigenvalue weighted by Gasteiger charge is -2.09. The van der Waals surface area contributed by atoms with Crippen LogP contribution in [-0.4, -0.2) is 0 Å². The molecule has 0 saturated carbocycles. The molecule has 0 aromatic heterocycles. The zero-order chi connectivity index (χ0) is 8.72. The molecule has 1 aliphatic rings. The van der Waals surface area contributed by atoms with Crippen molar-refractivity contribution in [3.05, 3.63) is 33.3 Å². The molecule has 0 bridgehead atoms. The Labute approximate surface area is 93.2 Å². The highest BCUT2D eigenvalue weighted by molar-refractivity contribution is 9.10. The minimum Gasteiger partial charge on any atom is -0.324 e. The van der Waals surface area contributed by atoms with E-state index in [0.717, 1.165) is 12.8 Å². The molecule has 0 heterocycles. The molecule has 1 nitrogen and oxygen atoms in total. The van der Waals surface area contributed by atoms with Gasteiger partial charge in [-0.05, 0) is 42.5 Å². The highest BCUT2D eigenvalue weighted by Crippen LogP contribution is 2.36. The van der Waals surface area contributed by atoms with E-state index in [2.05, 4.69) is 35.0 Å². The smallest absolute Gasteiger partial charge is 0.0303 e. The average molecular weight is 263 g/mol. The molecule has 3 heteroatoms. The van der Waals surface area contributed by atoms with Crippen molar-refractivity contribution in [1.82, 2.24) is 0 Å². The summed E-state index contributed by atoms with van der Waals surface area (Å²) in [6, 6.07) is 4.51. The molecule has 72 valence electrons. The second-order valence-electron chi connectivity index (χ2n) is 3.40. The highest BCUT2D eigenvalue weighted by atomic mass is 79.9. The molecule has 0 unspecified atom stereocenters. The molecular formula is C10H13BrClN. The van der Waals surface area contributed by atoms with Crippen molar-refractivity contribution in [3.8, 4) is 0 Å². The van der Waals surface area contributed by atoms with E-state index >= 15 is 0 Å². The molecule has 1 aromatic rings. The van der Waals surface area contributed by atoms with E-state index in [-0.39, 0.29) is 18.4 Å². The van der Waals surface area contributed by atoms with Crippen molar-refractivity contribution in [2.24, 2.45) is 5.73 Å². The van der Waals surface area contributed by atoms with Crippen molar-refractivity contribution < 1.29 is 0 Å². The lowest BCUT2D eigenvalue weighted by atomic mass is 10.0. The van der Waals surface area contributed by atoms with Crippen LogP contribution in [0, 0.1) is 6.92 Å². The Morgan fingerprint density at radius 3 is 2.77 bits per heavy atom. The van der Waals surface area contributed by atoms with Gasteiger partial charge in [0.25, 0.3) is 0 Å². The highest BCUT2D eigenvalue weighted by Gasteiger charge is 2.22. The summed E-state index contributed by atoms with van der Waals surface area (Å²) in [6.07, 6.45) is 2.22. The van der Waals surface area contributed by atoms with Crippen LogP contribution in [0.4, 0.5) is 0 Å². The van der Waals surface area contributed by atoms with Crippen LogP contribution < -0.4 is 5.73 Å². The summed E-state index contributed by atoms with van der Waals surface area (Å²) in [6.45, 7) is 2.14. The molecule has 1 atom stereocenters. The first-order chi connectivity index (χ1) is 5.70. The van der Waals surface area contributed by atoms with Gasteiger partial charge in [-0.3, -0.25) is 0 Å². The summed E-state index contributed by atoms with van der Waals surface area (Å²) < 4.78 is 1.22. The summed E-state index contributed by atoms with van der Waals surface area (Å²) in [5.41, 5.74) is 10.1. The second-order valence-corrected chi connectivity index (χ2v) is 4.26. The van der Waals surface area contributed by atoms with E-state index in [4.69, 9.17) is 5.73 Å². The van der Waals surface area contributed by atoms with Gasteiger partial charge >= 0.3 is 0 Å². The van der Waals surface area contributed by atoms with Crippen LogP contribution in [0.1, 0.15) is 29.2 Å². The van der Waals surface area contributed by atoms with Gasteiger partial charge in [-0.2, -0.15) is 0 Å². The number of hydrogen-bond donors (Lipinski definition) is 1. The first kappa shape index (κ1) is 11.0. The minimum absolute atomic E-state index is 0. The minimum atomic E-state index is 0. The number of aryl methyl sites for hydroxylation is 1. The van der Waals surface area contributed by atoms with Crippen LogP contribution in [0.25, 0.3) is 0 Å². The predicted molar refractivity (Wildman–Crippen MR) is 61.4 cm³/mol. The van der Waals surface area contributed by atoms with E-state index in [1.807, 2.05) is 0 Å². The van der Waals surface area contributed by atoms with E-state index in [0.29, 0.717) is 0 Å². The normalized spacial score (nSPS) is 19.5. The Kier molecular flexibility index (Phi) is 3.38. The molecule has 2 N–H and O–H groups in total.